The molecular weight excluding hydrogens is 180 g/mol. The van der Waals surface area contributed by atoms with Gasteiger partial charge in [-0.1, -0.05) is 0 Å². The Bertz CT molecular complexity index is 331. The highest BCUT2D eigenvalue weighted by molar-refractivity contribution is 5.82. The summed E-state index contributed by atoms with van der Waals surface area (Å²) in [6, 6.07) is 0.354. The average Bonchev–Trinajstić information content (AvgIpc) is 2.54. The van der Waals surface area contributed by atoms with Gasteiger partial charge in [0.2, 0.25) is 0 Å². The fourth-order valence-corrected chi connectivity index (χ4v) is 1.77. The van der Waals surface area contributed by atoms with Crippen LogP contribution in [0.2, 0.25) is 0 Å². The van der Waals surface area contributed by atoms with Crippen LogP contribution in [0.1, 0.15) is 6.92 Å². The van der Waals surface area contributed by atoms with E-state index < -0.39 is 0 Å². The molecule has 0 saturated heterocycles. The molecule has 0 aromatic rings. The molecule has 2 aliphatic rings. The van der Waals surface area contributed by atoms with Gasteiger partial charge in [0.05, 0.1) is 32.1 Å². The van der Waals surface area contributed by atoms with E-state index in [1.54, 1.807) is 14.2 Å². The summed E-state index contributed by atoms with van der Waals surface area (Å²) in [5, 5.41) is 3.26. The molecule has 0 bridgehead atoms. The molecule has 0 radical (unpaired) electrons. The SMILES string of the molecule is COC1=CC2N=C(C)NC2C=C1OC. The lowest BCUT2D eigenvalue weighted by atomic mass is 10.0. The largest absolute Gasteiger partial charge is 0.493 e. The predicted molar refractivity (Wildman–Crippen MR) is 54.0 cm³/mol. The second kappa shape index (κ2) is 3.36. The summed E-state index contributed by atoms with van der Waals surface area (Å²) in [5.41, 5.74) is 0. The minimum Gasteiger partial charge on any atom is -0.493 e. The van der Waals surface area contributed by atoms with Gasteiger partial charge < -0.3 is 14.8 Å². The van der Waals surface area contributed by atoms with Gasteiger partial charge in [-0.3, -0.25) is 4.99 Å². The summed E-state index contributed by atoms with van der Waals surface area (Å²) < 4.78 is 10.4. The van der Waals surface area contributed by atoms with Crippen molar-refractivity contribution in [3.63, 3.8) is 0 Å². The van der Waals surface area contributed by atoms with Crippen LogP contribution in [0, 0.1) is 0 Å². The van der Waals surface area contributed by atoms with Gasteiger partial charge in [-0.15, -0.1) is 0 Å². The smallest absolute Gasteiger partial charge is 0.158 e. The van der Waals surface area contributed by atoms with Gasteiger partial charge in [-0.05, 0) is 19.1 Å². The lowest BCUT2D eigenvalue weighted by Crippen LogP contribution is -2.34. The van der Waals surface area contributed by atoms with E-state index in [2.05, 4.69) is 10.3 Å². The Labute approximate surface area is 83.3 Å². The summed E-state index contributed by atoms with van der Waals surface area (Å²) in [6.07, 6.45) is 3.98. The van der Waals surface area contributed by atoms with Crippen molar-refractivity contribution in [1.29, 1.82) is 0 Å². The quantitative estimate of drug-likeness (QED) is 0.707. The number of fused-ring (bicyclic) bond motifs is 1. The second-order valence-corrected chi connectivity index (χ2v) is 3.35. The Morgan fingerprint density at radius 3 is 2.50 bits per heavy atom. The normalized spacial score (nSPS) is 29.5. The number of nitrogens with one attached hydrogen (secondary N) is 1. The van der Waals surface area contributed by atoms with Crippen LogP contribution in [0.5, 0.6) is 0 Å². The topological polar surface area (TPSA) is 42.8 Å². The molecule has 0 aromatic carbocycles. The number of hydrogen-bond acceptors (Lipinski definition) is 4. The molecule has 1 heterocycles. The van der Waals surface area contributed by atoms with Crippen molar-refractivity contribution < 1.29 is 9.47 Å². The summed E-state index contributed by atoms with van der Waals surface area (Å²) in [6.45, 7) is 1.96. The van der Waals surface area contributed by atoms with Crippen molar-refractivity contribution in [1.82, 2.24) is 5.32 Å². The Morgan fingerprint density at radius 2 is 1.86 bits per heavy atom. The first-order valence-corrected chi connectivity index (χ1v) is 4.57. The monoisotopic (exact) mass is 194 g/mol. The molecule has 0 amide bonds. The van der Waals surface area contributed by atoms with Crippen molar-refractivity contribution >= 4 is 5.84 Å². The van der Waals surface area contributed by atoms with Crippen molar-refractivity contribution in [3.8, 4) is 0 Å². The van der Waals surface area contributed by atoms with Crippen LogP contribution >= 0.6 is 0 Å². The maximum Gasteiger partial charge on any atom is 0.158 e. The van der Waals surface area contributed by atoms with Gasteiger partial charge in [0.25, 0.3) is 0 Å². The van der Waals surface area contributed by atoms with Crippen LogP contribution < -0.4 is 5.32 Å². The molecule has 4 nitrogen and oxygen atoms in total. The van der Waals surface area contributed by atoms with Crippen molar-refractivity contribution in [2.75, 3.05) is 14.2 Å². The number of ether oxygens (including phenoxy) is 2. The highest BCUT2D eigenvalue weighted by Gasteiger charge is 2.29. The molecule has 2 atom stereocenters. The molecule has 1 aliphatic heterocycles. The molecule has 4 heteroatoms. The van der Waals surface area contributed by atoms with Gasteiger partial charge >= 0.3 is 0 Å². The van der Waals surface area contributed by atoms with Crippen molar-refractivity contribution in [2.24, 2.45) is 4.99 Å². The number of amidine groups is 1. The third kappa shape index (κ3) is 1.36. The van der Waals surface area contributed by atoms with Gasteiger partial charge in [0.1, 0.15) is 0 Å². The summed E-state index contributed by atoms with van der Waals surface area (Å²) >= 11 is 0. The number of rotatable bonds is 2. The Morgan fingerprint density at radius 1 is 1.21 bits per heavy atom. The van der Waals surface area contributed by atoms with E-state index in [0.29, 0.717) is 0 Å². The molecule has 1 aliphatic carbocycles. The zero-order valence-corrected chi connectivity index (χ0v) is 8.57. The maximum absolute atomic E-state index is 5.21. The third-order valence-electron chi connectivity index (χ3n) is 2.42. The zero-order valence-electron chi connectivity index (χ0n) is 8.57. The minimum absolute atomic E-state index is 0.142. The van der Waals surface area contributed by atoms with Crippen molar-refractivity contribution in [3.05, 3.63) is 23.7 Å². The number of aliphatic imine (C=N–C) groups is 1. The lowest BCUT2D eigenvalue weighted by Gasteiger charge is -2.21. The standard InChI is InChI=1S/C10H14N2O2/c1-6-11-7-4-9(13-2)10(14-3)5-8(7)12-6/h4-5,7-8H,1-3H3,(H,11,12). The Kier molecular flexibility index (Phi) is 2.19. The summed E-state index contributed by atoms with van der Waals surface area (Å²) in [5.74, 6) is 2.49. The first kappa shape index (κ1) is 9.12. The summed E-state index contributed by atoms with van der Waals surface area (Å²) in [4.78, 5) is 4.43. The first-order chi connectivity index (χ1) is 6.74. The number of methoxy groups -OCH3 is 2. The van der Waals surface area contributed by atoms with E-state index >= 15 is 0 Å². The average molecular weight is 194 g/mol. The molecule has 2 unspecified atom stereocenters. The molecule has 0 aromatic heterocycles. The van der Waals surface area contributed by atoms with Crippen LogP contribution in [0.25, 0.3) is 0 Å². The maximum atomic E-state index is 5.21. The molecule has 1 N–H and O–H groups in total. The highest BCUT2D eigenvalue weighted by atomic mass is 16.5. The molecule has 14 heavy (non-hydrogen) atoms. The molecule has 0 fully saturated rings. The first-order valence-electron chi connectivity index (χ1n) is 4.57. The molecule has 2 rings (SSSR count). The third-order valence-corrected chi connectivity index (χ3v) is 2.42. The van der Waals surface area contributed by atoms with E-state index in [1.165, 1.54) is 0 Å². The van der Waals surface area contributed by atoms with E-state index in [1.807, 2.05) is 19.1 Å². The van der Waals surface area contributed by atoms with Gasteiger partial charge in [0, 0.05) is 0 Å². The van der Waals surface area contributed by atoms with Gasteiger partial charge in [0.15, 0.2) is 11.5 Å². The zero-order chi connectivity index (χ0) is 10.1. The van der Waals surface area contributed by atoms with E-state index in [9.17, 15) is 0 Å². The highest BCUT2D eigenvalue weighted by Crippen LogP contribution is 2.24. The molecule has 76 valence electrons. The van der Waals surface area contributed by atoms with Crippen LogP contribution in [0.15, 0.2) is 28.7 Å². The van der Waals surface area contributed by atoms with Crippen LogP contribution in [-0.4, -0.2) is 32.1 Å². The minimum atomic E-state index is 0.142. The fourth-order valence-electron chi connectivity index (χ4n) is 1.77. The van der Waals surface area contributed by atoms with E-state index in [0.717, 1.165) is 17.4 Å². The number of nitrogens with zero attached hydrogens (tertiary/aromatic N) is 1. The second-order valence-electron chi connectivity index (χ2n) is 3.35. The molecular formula is C10H14N2O2. The van der Waals surface area contributed by atoms with E-state index in [4.69, 9.17) is 9.47 Å². The van der Waals surface area contributed by atoms with Crippen molar-refractivity contribution in [2.45, 2.75) is 19.0 Å². The lowest BCUT2D eigenvalue weighted by molar-refractivity contribution is 0.213. The van der Waals surface area contributed by atoms with Gasteiger partial charge in [-0.2, -0.15) is 0 Å². The van der Waals surface area contributed by atoms with Gasteiger partial charge in [-0.25, -0.2) is 0 Å². The van der Waals surface area contributed by atoms with Crippen LogP contribution in [-0.2, 0) is 9.47 Å². The molecule has 0 spiro atoms. The predicted octanol–water partition coefficient (Wildman–Crippen LogP) is 0.819. The Balaban J connectivity index is 2.27. The summed E-state index contributed by atoms with van der Waals surface area (Å²) in [7, 11) is 3.28. The fraction of sp³-hybridized carbons (Fsp3) is 0.500. The van der Waals surface area contributed by atoms with E-state index in [-0.39, 0.29) is 12.1 Å². The molecule has 0 saturated carbocycles. The van der Waals surface area contributed by atoms with Crippen LogP contribution in [0.4, 0.5) is 0 Å². The van der Waals surface area contributed by atoms with Crippen LogP contribution in [0.3, 0.4) is 0 Å². The number of hydrogen-bond donors (Lipinski definition) is 1. The Hall–Kier alpha value is -1.45.